The highest BCUT2D eigenvalue weighted by molar-refractivity contribution is 7.99. The summed E-state index contributed by atoms with van der Waals surface area (Å²) in [5, 5.41) is 9.18. The lowest BCUT2D eigenvalue weighted by Crippen LogP contribution is -2.43. The number of thioether (sulfide) groups is 1. The van der Waals surface area contributed by atoms with E-state index in [1.807, 2.05) is 24.3 Å². The zero-order valence-electron chi connectivity index (χ0n) is 9.85. The smallest absolute Gasteiger partial charge is 0.132 e. The molecule has 1 fully saturated rings. The van der Waals surface area contributed by atoms with Crippen LogP contribution >= 0.6 is 11.8 Å². The SMILES string of the molecule is COc1ccccc1SCC(N)(C#N)C1CC1. The van der Waals surface area contributed by atoms with E-state index in [4.69, 9.17) is 10.5 Å². The highest BCUT2D eigenvalue weighted by Gasteiger charge is 2.42. The van der Waals surface area contributed by atoms with Gasteiger partial charge in [0.05, 0.1) is 13.2 Å². The number of rotatable bonds is 5. The highest BCUT2D eigenvalue weighted by atomic mass is 32.2. The second-order valence-corrected chi connectivity index (χ2v) is 5.38. The summed E-state index contributed by atoms with van der Waals surface area (Å²) in [6.07, 6.45) is 2.16. The number of hydrogen-bond donors (Lipinski definition) is 1. The average molecular weight is 248 g/mol. The number of para-hydroxylation sites is 1. The molecule has 3 nitrogen and oxygen atoms in total. The Morgan fingerprint density at radius 1 is 1.53 bits per heavy atom. The third kappa shape index (κ3) is 2.74. The minimum Gasteiger partial charge on any atom is -0.496 e. The van der Waals surface area contributed by atoms with Gasteiger partial charge in [0.1, 0.15) is 11.3 Å². The third-order valence-corrected chi connectivity index (χ3v) is 4.32. The van der Waals surface area contributed by atoms with Gasteiger partial charge in [0, 0.05) is 10.6 Å². The summed E-state index contributed by atoms with van der Waals surface area (Å²) >= 11 is 1.60. The summed E-state index contributed by atoms with van der Waals surface area (Å²) in [6.45, 7) is 0. The van der Waals surface area contributed by atoms with E-state index in [1.54, 1.807) is 18.9 Å². The predicted molar refractivity (Wildman–Crippen MR) is 69.0 cm³/mol. The molecule has 17 heavy (non-hydrogen) atoms. The Morgan fingerprint density at radius 2 is 2.24 bits per heavy atom. The molecule has 0 saturated heterocycles. The van der Waals surface area contributed by atoms with Crippen LogP contribution in [0, 0.1) is 17.2 Å². The van der Waals surface area contributed by atoms with Crippen LogP contribution in [-0.2, 0) is 0 Å². The van der Waals surface area contributed by atoms with E-state index in [-0.39, 0.29) is 0 Å². The quantitative estimate of drug-likeness (QED) is 0.813. The molecule has 1 saturated carbocycles. The molecule has 1 aromatic rings. The minimum absolute atomic E-state index is 0.370. The molecule has 0 aromatic heterocycles. The number of nitriles is 1. The van der Waals surface area contributed by atoms with Crippen molar-refractivity contribution in [3.05, 3.63) is 24.3 Å². The van der Waals surface area contributed by atoms with Crippen molar-refractivity contribution in [2.24, 2.45) is 11.7 Å². The van der Waals surface area contributed by atoms with E-state index in [9.17, 15) is 5.26 Å². The highest BCUT2D eigenvalue weighted by Crippen LogP contribution is 2.41. The van der Waals surface area contributed by atoms with Gasteiger partial charge in [0.2, 0.25) is 0 Å². The van der Waals surface area contributed by atoms with Crippen molar-refractivity contribution in [1.29, 1.82) is 5.26 Å². The summed E-state index contributed by atoms with van der Waals surface area (Å²) in [6, 6.07) is 10.1. The average Bonchev–Trinajstić information content (AvgIpc) is 3.21. The van der Waals surface area contributed by atoms with E-state index in [2.05, 4.69) is 6.07 Å². The topological polar surface area (TPSA) is 59.0 Å². The van der Waals surface area contributed by atoms with Gasteiger partial charge in [-0.05, 0) is 30.9 Å². The summed E-state index contributed by atoms with van der Waals surface area (Å²) in [5.74, 6) is 1.83. The molecule has 0 aliphatic heterocycles. The molecule has 0 bridgehead atoms. The monoisotopic (exact) mass is 248 g/mol. The number of benzene rings is 1. The lowest BCUT2D eigenvalue weighted by Gasteiger charge is -2.20. The summed E-state index contributed by atoms with van der Waals surface area (Å²) in [4.78, 5) is 1.04. The Balaban J connectivity index is 2.04. The van der Waals surface area contributed by atoms with Crippen LogP contribution in [0.1, 0.15) is 12.8 Å². The Morgan fingerprint density at radius 3 is 2.82 bits per heavy atom. The van der Waals surface area contributed by atoms with E-state index < -0.39 is 5.54 Å². The lowest BCUT2D eigenvalue weighted by molar-refractivity contribution is 0.404. The molecule has 0 radical (unpaired) electrons. The second kappa shape index (κ2) is 4.99. The van der Waals surface area contributed by atoms with Crippen LogP contribution in [0.15, 0.2) is 29.2 Å². The normalized spacial score (nSPS) is 18.2. The van der Waals surface area contributed by atoms with Crippen LogP contribution in [0.5, 0.6) is 5.75 Å². The number of hydrogen-bond acceptors (Lipinski definition) is 4. The summed E-state index contributed by atoms with van der Waals surface area (Å²) < 4.78 is 5.28. The van der Waals surface area contributed by atoms with Crippen molar-refractivity contribution in [3.8, 4) is 11.8 Å². The largest absolute Gasteiger partial charge is 0.496 e. The van der Waals surface area contributed by atoms with Gasteiger partial charge in [-0.25, -0.2) is 0 Å². The van der Waals surface area contributed by atoms with Crippen LogP contribution in [0.4, 0.5) is 0 Å². The van der Waals surface area contributed by atoms with Gasteiger partial charge in [0.15, 0.2) is 0 Å². The van der Waals surface area contributed by atoms with Gasteiger partial charge < -0.3 is 10.5 Å². The lowest BCUT2D eigenvalue weighted by atomic mass is 10.00. The first-order chi connectivity index (χ1) is 8.19. The van der Waals surface area contributed by atoms with Crippen LogP contribution in [0.25, 0.3) is 0 Å². The number of nitrogens with zero attached hydrogens (tertiary/aromatic N) is 1. The molecule has 90 valence electrons. The second-order valence-electron chi connectivity index (χ2n) is 4.37. The van der Waals surface area contributed by atoms with Crippen molar-refractivity contribution in [2.45, 2.75) is 23.3 Å². The number of nitrogens with two attached hydrogens (primary N) is 1. The van der Waals surface area contributed by atoms with Gasteiger partial charge in [-0.2, -0.15) is 5.26 Å². The fourth-order valence-corrected chi connectivity index (χ4v) is 2.94. The number of ether oxygens (including phenoxy) is 1. The molecule has 1 aliphatic carbocycles. The van der Waals surface area contributed by atoms with Crippen molar-refractivity contribution < 1.29 is 4.74 Å². The summed E-state index contributed by atoms with van der Waals surface area (Å²) in [7, 11) is 1.65. The first-order valence-corrected chi connectivity index (χ1v) is 6.64. The zero-order chi connectivity index (χ0) is 12.3. The molecule has 4 heteroatoms. The molecular weight excluding hydrogens is 232 g/mol. The molecule has 1 atom stereocenters. The molecule has 1 aliphatic rings. The maximum atomic E-state index is 9.18. The fraction of sp³-hybridized carbons (Fsp3) is 0.462. The minimum atomic E-state index is -0.689. The standard InChI is InChI=1S/C13H16N2OS/c1-16-11-4-2-3-5-12(11)17-9-13(15,8-14)10-6-7-10/h2-5,10H,6-7,9,15H2,1H3. The Kier molecular flexibility index (Phi) is 3.60. The van der Waals surface area contributed by atoms with Gasteiger partial charge >= 0.3 is 0 Å². The first-order valence-electron chi connectivity index (χ1n) is 5.65. The fourth-order valence-electron chi connectivity index (χ4n) is 1.78. The molecule has 0 heterocycles. The van der Waals surface area contributed by atoms with Crippen LogP contribution in [0.3, 0.4) is 0 Å². The molecular formula is C13H16N2OS. The Bertz CT molecular complexity index is 439. The first kappa shape index (κ1) is 12.3. The number of methoxy groups -OCH3 is 1. The molecule has 0 spiro atoms. The van der Waals surface area contributed by atoms with E-state index in [1.165, 1.54) is 0 Å². The van der Waals surface area contributed by atoms with E-state index in [0.29, 0.717) is 11.7 Å². The Hall–Kier alpha value is -1.18. The van der Waals surface area contributed by atoms with Crippen molar-refractivity contribution in [2.75, 3.05) is 12.9 Å². The maximum Gasteiger partial charge on any atom is 0.132 e. The molecule has 2 rings (SSSR count). The summed E-state index contributed by atoms with van der Waals surface area (Å²) in [5.41, 5.74) is 5.43. The van der Waals surface area contributed by atoms with Crippen molar-refractivity contribution >= 4 is 11.8 Å². The van der Waals surface area contributed by atoms with Crippen LogP contribution < -0.4 is 10.5 Å². The van der Waals surface area contributed by atoms with E-state index >= 15 is 0 Å². The maximum absolute atomic E-state index is 9.18. The van der Waals surface area contributed by atoms with Crippen molar-refractivity contribution in [1.82, 2.24) is 0 Å². The van der Waals surface area contributed by atoms with Gasteiger partial charge in [0.25, 0.3) is 0 Å². The van der Waals surface area contributed by atoms with Crippen molar-refractivity contribution in [3.63, 3.8) is 0 Å². The zero-order valence-corrected chi connectivity index (χ0v) is 10.7. The van der Waals surface area contributed by atoms with Crippen LogP contribution in [0.2, 0.25) is 0 Å². The Labute approximate surface area is 106 Å². The molecule has 2 N–H and O–H groups in total. The molecule has 1 unspecified atom stereocenters. The molecule has 1 aromatic carbocycles. The van der Waals surface area contributed by atoms with Gasteiger partial charge in [-0.3, -0.25) is 0 Å². The third-order valence-electron chi connectivity index (χ3n) is 3.05. The van der Waals surface area contributed by atoms with E-state index in [0.717, 1.165) is 23.5 Å². The van der Waals surface area contributed by atoms with Gasteiger partial charge in [-0.15, -0.1) is 11.8 Å². The van der Waals surface area contributed by atoms with Crippen LogP contribution in [-0.4, -0.2) is 18.4 Å². The molecule has 0 amide bonds. The predicted octanol–water partition coefficient (Wildman–Crippen LogP) is 2.42. The van der Waals surface area contributed by atoms with Gasteiger partial charge in [-0.1, -0.05) is 12.1 Å².